The van der Waals surface area contributed by atoms with Gasteiger partial charge in [-0.3, -0.25) is 14.8 Å². The third-order valence-electron chi connectivity index (χ3n) is 5.41. The molecule has 0 bridgehead atoms. The summed E-state index contributed by atoms with van der Waals surface area (Å²) in [6.45, 7) is 14.0. The number of hydrogen-bond acceptors (Lipinski definition) is 4. The third kappa shape index (κ3) is 3.60. The minimum Gasteiger partial charge on any atom is -0.295 e. The number of carbonyl (C=O) groups is 2. The summed E-state index contributed by atoms with van der Waals surface area (Å²) in [6.07, 6.45) is 2.48. The molecule has 0 aromatic heterocycles. The quantitative estimate of drug-likeness (QED) is 0.352. The van der Waals surface area contributed by atoms with Gasteiger partial charge >= 0.3 is 0 Å². The highest BCUT2D eigenvalue weighted by atomic mass is 17.1. The normalized spacial score (nSPS) is 30.0. The van der Waals surface area contributed by atoms with E-state index in [4.69, 9.17) is 5.26 Å². The van der Waals surface area contributed by atoms with E-state index in [1.165, 1.54) is 0 Å². The summed E-state index contributed by atoms with van der Waals surface area (Å²) in [4.78, 5) is 29.7. The lowest BCUT2D eigenvalue weighted by Gasteiger charge is -2.28. The van der Waals surface area contributed by atoms with Crippen LogP contribution in [0.3, 0.4) is 0 Å². The highest BCUT2D eigenvalue weighted by molar-refractivity contribution is 6.02. The first kappa shape index (κ1) is 18.8. The summed E-state index contributed by atoms with van der Waals surface area (Å²) in [5.74, 6) is 0.284. The maximum Gasteiger partial charge on any atom is 0.159 e. The Morgan fingerprint density at radius 1 is 1.12 bits per heavy atom. The van der Waals surface area contributed by atoms with Crippen molar-refractivity contribution in [1.82, 2.24) is 0 Å². The number of rotatable bonds is 2. The van der Waals surface area contributed by atoms with E-state index in [1.807, 2.05) is 20.8 Å². The molecule has 0 unspecified atom stereocenters. The average molecular weight is 332 g/mol. The fraction of sp³-hybridized carbons (Fsp3) is 0.600. The van der Waals surface area contributed by atoms with Crippen LogP contribution in [0.5, 0.6) is 0 Å². The lowest BCUT2D eigenvalue weighted by atomic mass is 9.75. The second-order valence-electron chi connectivity index (χ2n) is 7.70. The molecule has 0 spiro atoms. The van der Waals surface area contributed by atoms with Crippen LogP contribution in [0.15, 0.2) is 35.5 Å². The van der Waals surface area contributed by atoms with Gasteiger partial charge < -0.3 is 0 Å². The Labute approximate surface area is 144 Å². The SMILES string of the molecule is C=C1CC[C@@H](OO)C(=C)CCC2=C(C(C)C)C(=O)C[C@@]2(C)CC1=O. The first-order valence-electron chi connectivity index (χ1n) is 8.65. The standard InChI is InChI=1S/C20H28O4/c1-12(2)19-15-8-6-14(4)18(24-23)9-7-13(3)16(21)10-20(15,5)11-17(19)22/h12,18,23H,3-4,6-11H2,1-2,5H3/t18-,20-/m1/s1. The summed E-state index contributed by atoms with van der Waals surface area (Å²) in [6, 6.07) is 0. The Balaban J connectivity index is 2.45. The van der Waals surface area contributed by atoms with Gasteiger partial charge in [-0.15, -0.1) is 0 Å². The van der Waals surface area contributed by atoms with Gasteiger partial charge in [0.2, 0.25) is 0 Å². The van der Waals surface area contributed by atoms with Gasteiger partial charge in [-0.05, 0) is 48.3 Å². The maximum atomic E-state index is 12.6. The molecule has 132 valence electrons. The minimum absolute atomic E-state index is 0.00277. The monoisotopic (exact) mass is 332 g/mol. The number of ketones is 2. The van der Waals surface area contributed by atoms with Crippen LogP contribution < -0.4 is 0 Å². The molecular weight excluding hydrogens is 304 g/mol. The first-order chi connectivity index (χ1) is 11.2. The van der Waals surface area contributed by atoms with Gasteiger partial charge in [0.05, 0.1) is 0 Å². The lowest BCUT2D eigenvalue weighted by Crippen LogP contribution is -2.22. The topological polar surface area (TPSA) is 63.6 Å². The Morgan fingerprint density at radius 3 is 2.33 bits per heavy atom. The van der Waals surface area contributed by atoms with Gasteiger partial charge in [0.1, 0.15) is 6.10 Å². The molecular formula is C20H28O4. The summed E-state index contributed by atoms with van der Waals surface area (Å²) in [5, 5.41) is 9.14. The van der Waals surface area contributed by atoms with Crippen LogP contribution in [0.2, 0.25) is 0 Å². The molecule has 1 fully saturated rings. The summed E-state index contributed by atoms with van der Waals surface area (Å²) >= 11 is 0. The van der Waals surface area contributed by atoms with Crippen molar-refractivity contribution in [2.24, 2.45) is 11.3 Å². The number of Topliss-reactive ketones (excluding diaryl/α,β-unsaturated/α-hetero) is 2. The molecule has 0 radical (unpaired) electrons. The summed E-state index contributed by atoms with van der Waals surface area (Å²) in [7, 11) is 0. The van der Waals surface area contributed by atoms with Crippen molar-refractivity contribution in [3.05, 3.63) is 35.5 Å². The van der Waals surface area contributed by atoms with Crippen LogP contribution in [0.4, 0.5) is 0 Å². The Morgan fingerprint density at radius 2 is 1.75 bits per heavy atom. The van der Waals surface area contributed by atoms with Crippen LogP contribution >= 0.6 is 0 Å². The number of carbonyl (C=O) groups excluding carboxylic acids is 2. The zero-order valence-electron chi connectivity index (χ0n) is 15.0. The van der Waals surface area contributed by atoms with Crippen molar-refractivity contribution in [3.8, 4) is 0 Å². The van der Waals surface area contributed by atoms with E-state index in [0.29, 0.717) is 44.1 Å². The molecule has 4 nitrogen and oxygen atoms in total. The van der Waals surface area contributed by atoms with Crippen molar-refractivity contribution in [2.75, 3.05) is 0 Å². The highest BCUT2D eigenvalue weighted by Gasteiger charge is 2.43. The zero-order valence-corrected chi connectivity index (χ0v) is 15.0. The van der Waals surface area contributed by atoms with Gasteiger partial charge in [0.15, 0.2) is 11.6 Å². The largest absolute Gasteiger partial charge is 0.295 e. The van der Waals surface area contributed by atoms with Gasteiger partial charge in [0, 0.05) is 18.3 Å². The van der Waals surface area contributed by atoms with Crippen molar-refractivity contribution >= 4 is 11.6 Å². The molecule has 0 heterocycles. The molecule has 24 heavy (non-hydrogen) atoms. The molecule has 0 aromatic carbocycles. The van der Waals surface area contributed by atoms with E-state index in [0.717, 1.165) is 16.7 Å². The molecule has 2 aliphatic rings. The molecule has 1 saturated carbocycles. The Bertz CT molecular complexity index is 611. The predicted octanol–water partition coefficient (Wildman–Crippen LogP) is 4.42. The fourth-order valence-electron chi connectivity index (χ4n) is 4.03. The smallest absolute Gasteiger partial charge is 0.159 e. The Kier molecular flexibility index (Phi) is 5.61. The minimum atomic E-state index is -0.501. The first-order valence-corrected chi connectivity index (χ1v) is 8.65. The van der Waals surface area contributed by atoms with E-state index in [2.05, 4.69) is 18.0 Å². The van der Waals surface area contributed by atoms with E-state index in [1.54, 1.807) is 0 Å². The molecule has 2 aliphatic carbocycles. The lowest BCUT2D eigenvalue weighted by molar-refractivity contribution is -0.270. The Hall–Kier alpha value is -1.52. The number of hydrogen-bond donors (Lipinski definition) is 1. The predicted molar refractivity (Wildman–Crippen MR) is 93.5 cm³/mol. The third-order valence-corrected chi connectivity index (χ3v) is 5.41. The van der Waals surface area contributed by atoms with Crippen LogP contribution in [0, 0.1) is 11.3 Å². The second kappa shape index (κ2) is 7.16. The number of allylic oxidation sites excluding steroid dienone is 3. The average Bonchev–Trinajstić information content (AvgIpc) is 2.74. The molecule has 0 amide bonds. The van der Waals surface area contributed by atoms with Crippen molar-refractivity contribution < 1.29 is 19.7 Å². The maximum absolute atomic E-state index is 12.6. The van der Waals surface area contributed by atoms with Crippen LogP contribution in [-0.2, 0) is 14.5 Å². The van der Waals surface area contributed by atoms with E-state index >= 15 is 0 Å². The zero-order chi connectivity index (χ0) is 18.1. The van der Waals surface area contributed by atoms with Gasteiger partial charge in [-0.2, -0.15) is 0 Å². The van der Waals surface area contributed by atoms with Crippen LogP contribution in [0.25, 0.3) is 0 Å². The fourth-order valence-corrected chi connectivity index (χ4v) is 4.03. The molecule has 2 atom stereocenters. The van der Waals surface area contributed by atoms with Crippen molar-refractivity contribution in [2.45, 2.75) is 65.4 Å². The van der Waals surface area contributed by atoms with Crippen molar-refractivity contribution in [3.63, 3.8) is 0 Å². The van der Waals surface area contributed by atoms with E-state index in [9.17, 15) is 9.59 Å². The molecule has 2 rings (SSSR count). The van der Waals surface area contributed by atoms with E-state index < -0.39 is 11.5 Å². The number of fused-ring (bicyclic) bond motifs is 1. The summed E-state index contributed by atoms with van der Waals surface area (Å²) < 4.78 is 0. The van der Waals surface area contributed by atoms with Gasteiger partial charge in [-0.25, -0.2) is 4.89 Å². The molecule has 0 saturated heterocycles. The van der Waals surface area contributed by atoms with Crippen LogP contribution in [-0.4, -0.2) is 22.9 Å². The molecule has 0 aromatic rings. The van der Waals surface area contributed by atoms with Crippen molar-refractivity contribution in [1.29, 1.82) is 0 Å². The molecule has 0 aliphatic heterocycles. The van der Waals surface area contributed by atoms with Crippen LogP contribution in [0.1, 0.15) is 59.3 Å². The summed E-state index contributed by atoms with van der Waals surface area (Å²) in [5.41, 5.74) is 2.82. The van der Waals surface area contributed by atoms with E-state index in [-0.39, 0.29) is 17.5 Å². The second-order valence-corrected chi connectivity index (χ2v) is 7.70. The highest BCUT2D eigenvalue weighted by Crippen LogP contribution is 2.49. The molecule has 1 N–H and O–H groups in total. The molecule has 4 heteroatoms. The van der Waals surface area contributed by atoms with Gasteiger partial charge in [0.25, 0.3) is 0 Å². The van der Waals surface area contributed by atoms with Gasteiger partial charge in [-0.1, -0.05) is 39.5 Å².